The number of aromatic nitrogens is 2. The van der Waals surface area contributed by atoms with E-state index in [0.29, 0.717) is 5.56 Å². The number of carbonyl (C=O) groups excluding carboxylic acids is 1. The minimum Gasteiger partial charge on any atom is -0.497 e. The maximum Gasteiger partial charge on any atom is 0.257 e. The van der Waals surface area contributed by atoms with Gasteiger partial charge in [-0.25, -0.2) is 4.68 Å². The fourth-order valence-corrected chi connectivity index (χ4v) is 5.04. The average Bonchev–Trinajstić information content (AvgIpc) is 3.28. The molecule has 2 aromatic carbocycles. The van der Waals surface area contributed by atoms with Gasteiger partial charge in [0.2, 0.25) is 0 Å². The Kier molecular flexibility index (Phi) is 6.43. The zero-order chi connectivity index (χ0) is 24.5. The first-order valence-electron chi connectivity index (χ1n) is 12.1. The normalized spacial score (nSPS) is 16.9. The maximum atomic E-state index is 13.7. The number of carbonyl (C=O) groups is 1. The third-order valence-corrected chi connectivity index (χ3v) is 7.26. The minimum absolute atomic E-state index is 0.0417. The number of amides is 1. The summed E-state index contributed by atoms with van der Waals surface area (Å²) in [6, 6.07) is 16.6. The summed E-state index contributed by atoms with van der Waals surface area (Å²) in [4.78, 5) is 13.7. The Morgan fingerprint density at radius 2 is 1.91 bits per heavy atom. The van der Waals surface area contributed by atoms with Gasteiger partial charge in [-0.2, -0.15) is 5.10 Å². The first kappa shape index (κ1) is 23.9. The summed E-state index contributed by atoms with van der Waals surface area (Å²) in [6.07, 6.45) is 4.13. The Morgan fingerprint density at radius 3 is 2.56 bits per heavy atom. The first-order chi connectivity index (χ1) is 16.2. The van der Waals surface area contributed by atoms with Crippen LogP contribution in [0, 0.1) is 6.92 Å². The molecule has 6 heteroatoms. The molecule has 0 saturated heterocycles. The molecule has 1 aliphatic rings. The van der Waals surface area contributed by atoms with Gasteiger partial charge in [-0.3, -0.25) is 4.79 Å². The summed E-state index contributed by atoms with van der Waals surface area (Å²) in [5.74, 6) is 1.47. The number of hydrogen-bond acceptors (Lipinski definition) is 4. The number of ether oxygens (including phenoxy) is 1. The predicted octanol–water partition coefficient (Wildman–Crippen LogP) is 5.94. The average molecular weight is 461 g/mol. The molecule has 3 aromatic rings. The smallest absolute Gasteiger partial charge is 0.257 e. The summed E-state index contributed by atoms with van der Waals surface area (Å²) < 4.78 is 7.38. The summed E-state index contributed by atoms with van der Waals surface area (Å²) in [6.45, 7) is 10.6. The quantitative estimate of drug-likeness (QED) is 0.458. The lowest BCUT2D eigenvalue weighted by atomic mass is 9.84. The van der Waals surface area contributed by atoms with Crippen molar-refractivity contribution in [2.45, 2.75) is 71.0 Å². The van der Waals surface area contributed by atoms with Gasteiger partial charge < -0.3 is 15.4 Å². The molecule has 1 amide bonds. The van der Waals surface area contributed by atoms with E-state index in [1.165, 1.54) is 5.56 Å². The van der Waals surface area contributed by atoms with E-state index < -0.39 is 5.54 Å². The zero-order valence-electron chi connectivity index (χ0n) is 21.1. The van der Waals surface area contributed by atoms with E-state index in [9.17, 15) is 4.79 Å². The van der Waals surface area contributed by atoms with Crippen LogP contribution in [0.25, 0.3) is 0 Å². The van der Waals surface area contributed by atoms with Crippen LogP contribution in [-0.2, 0) is 11.1 Å². The van der Waals surface area contributed by atoms with Crippen LogP contribution in [0.4, 0.5) is 5.82 Å². The van der Waals surface area contributed by atoms with Gasteiger partial charge in [-0.1, -0.05) is 55.8 Å². The van der Waals surface area contributed by atoms with Gasteiger partial charge in [-0.15, -0.1) is 0 Å². The molecule has 1 aliphatic heterocycles. The summed E-state index contributed by atoms with van der Waals surface area (Å²) in [5, 5.41) is 11.6. The highest BCUT2D eigenvalue weighted by atomic mass is 16.5. The van der Waals surface area contributed by atoms with Gasteiger partial charge >= 0.3 is 0 Å². The maximum absolute atomic E-state index is 13.7. The van der Waals surface area contributed by atoms with Crippen LogP contribution in [-0.4, -0.2) is 22.8 Å². The van der Waals surface area contributed by atoms with Crippen molar-refractivity contribution in [3.8, 4) is 5.75 Å². The SMILES string of the molecule is CCC(CC)(NC(=O)c1cnn2c1NC(c1cccc(OC)c1)CC2(C)C)c1ccc(C)cc1. The van der Waals surface area contributed by atoms with E-state index in [4.69, 9.17) is 4.74 Å². The number of nitrogens with zero attached hydrogens (tertiary/aromatic N) is 2. The molecule has 4 rings (SSSR count). The van der Waals surface area contributed by atoms with Crippen molar-refractivity contribution in [1.29, 1.82) is 0 Å². The number of fused-ring (bicyclic) bond motifs is 1. The Labute approximate surface area is 202 Å². The van der Waals surface area contributed by atoms with Crippen LogP contribution in [0.15, 0.2) is 54.7 Å². The molecule has 1 aromatic heterocycles. The Bertz CT molecular complexity index is 1160. The minimum atomic E-state index is -0.435. The third kappa shape index (κ3) is 4.29. The number of hydrogen-bond donors (Lipinski definition) is 2. The molecular weight excluding hydrogens is 424 g/mol. The molecule has 1 unspecified atom stereocenters. The summed E-state index contributed by atoms with van der Waals surface area (Å²) in [5.41, 5.74) is 3.34. The van der Waals surface area contributed by atoms with Gasteiger partial charge in [0.25, 0.3) is 5.91 Å². The molecule has 2 N–H and O–H groups in total. The largest absolute Gasteiger partial charge is 0.497 e. The zero-order valence-corrected chi connectivity index (χ0v) is 21.1. The number of aryl methyl sites for hydroxylation is 1. The molecule has 0 radical (unpaired) electrons. The molecule has 0 spiro atoms. The van der Waals surface area contributed by atoms with E-state index >= 15 is 0 Å². The molecule has 180 valence electrons. The fraction of sp³-hybridized carbons (Fsp3) is 0.429. The number of benzene rings is 2. The lowest BCUT2D eigenvalue weighted by molar-refractivity contribution is 0.0890. The molecule has 1 atom stereocenters. The van der Waals surface area contributed by atoms with Gasteiger partial charge in [0.15, 0.2) is 0 Å². The molecular formula is C28H36N4O2. The highest BCUT2D eigenvalue weighted by molar-refractivity contribution is 5.99. The highest BCUT2D eigenvalue weighted by Crippen LogP contribution is 2.41. The Hall–Kier alpha value is -3.28. The monoisotopic (exact) mass is 460 g/mol. The Morgan fingerprint density at radius 1 is 1.21 bits per heavy atom. The topological polar surface area (TPSA) is 68.2 Å². The van der Waals surface area contributed by atoms with Crippen LogP contribution >= 0.6 is 0 Å². The second-order valence-electron chi connectivity index (χ2n) is 9.92. The van der Waals surface area contributed by atoms with Crippen molar-refractivity contribution < 1.29 is 9.53 Å². The molecule has 0 saturated carbocycles. The van der Waals surface area contributed by atoms with Gasteiger partial charge in [-0.05, 0) is 63.3 Å². The second kappa shape index (κ2) is 9.16. The first-order valence-corrected chi connectivity index (χ1v) is 12.1. The van der Waals surface area contributed by atoms with E-state index in [-0.39, 0.29) is 17.5 Å². The molecule has 34 heavy (non-hydrogen) atoms. The number of methoxy groups -OCH3 is 1. The number of anilines is 1. The fourth-order valence-electron chi connectivity index (χ4n) is 5.04. The highest BCUT2D eigenvalue weighted by Gasteiger charge is 2.38. The van der Waals surface area contributed by atoms with Crippen molar-refractivity contribution in [1.82, 2.24) is 15.1 Å². The van der Waals surface area contributed by atoms with E-state index in [0.717, 1.165) is 42.0 Å². The van der Waals surface area contributed by atoms with Gasteiger partial charge in [0.05, 0.1) is 30.4 Å². The lowest BCUT2D eigenvalue weighted by Crippen LogP contribution is -2.45. The summed E-state index contributed by atoms with van der Waals surface area (Å²) >= 11 is 0. The third-order valence-electron chi connectivity index (χ3n) is 7.26. The molecule has 6 nitrogen and oxygen atoms in total. The molecule has 2 heterocycles. The van der Waals surface area contributed by atoms with Crippen LogP contribution in [0.1, 0.15) is 80.0 Å². The van der Waals surface area contributed by atoms with Gasteiger partial charge in [0, 0.05) is 0 Å². The molecule has 0 fully saturated rings. The van der Waals surface area contributed by atoms with Crippen LogP contribution in [0.2, 0.25) is 0 Å². The Balaban J connectivity index is 1.67. The van der Waals surface area contributed by atoms with Crippen molar-refractivity contribution in [3.05, 3.63) is 77.0 Å². The van der Waals surface area contributed by atoms with Crippen LogP contribution < -0.4 is 15.4 Å². The predicted molar refractivity (Wildman–Crippen MR) is 136 cm³/mol. The number of rotatable bonds is 7. The van der Waals surface area contributed by atoms with Crippen molar-refractivity contribution >= 4 is 11.7 Å². The van der Waals surface area contributed by atoms with Crippen molar-refractivity contribution in [2.75, 3.05) is 12.4 Å². The lowest BCUT2D eigenvalue weighted by Gasteiger charge is -2.39. The summed E-state index contributed by atoms with van der Waals surface area (Å²) in [7, 11) is 1.68. The molecule has 0 bridgehead atoms. The van der Waals surface area contributed by atoms with E-state index in [1.807, 2.05) is 16.8 Å². The number of nitrogens with one attached hydrogen (secondary N) is 2. The van der Waals surface area contributed by atoms with Gasteiger partial charge in [0.1, 0.15) is 17.1 Å². The molecule has 0 aliphatic carbocycles. The van der Waals surface area contributed by atoms with E-state index in [2.05, 4.69) is 86.7 Å². The van der Waals surface area contributed by atoms with Crippen LogP contribution in [0.5, 0.6) is 5.75 Å². The van der Waals surface area contributed by atoms with E-state index in [1.54, 1.807) is 13.3 Å². The standard InChI is InChI=1S/C28H36N4O2/c1-7-28(8-2,21-14-12-19(3)13-15-21)31-26(33)23-18-29-32-25(23)30-24(17-27(32,4)5)20-10-9-11-22(16-20)34-6/h9-16,18,24,30H,7-8,17H2,1-6H3,(H,31,33). The van der Waals surface area contributed by atoms with Crippen molar-refractivity contribution in [2.24, 2.45) is 0 Å². The van der Waals surface area contributed by atoms with Crippen molar-refractivity contribution in [3.63, 3.8) is 0 Å². The van der Waals surface area contributed by atoms with Crippen LogP contribution in [0.3, 0.4) is 0 Å². The second-order valence-corrected chi connectivity index (χ2v) is 9.92.